The topological polar surface area (TPSA) is 41.1 Å². The first-order valence-corrected chi connectivity index (χ1v) is 7.71. The first kappa shape index (κ1) is 15.8. The number of aromatic nitrogens is 2. The molecule has 0 aliphatic rings. The van der Waals surface area contributed by atoms with Gasteiger partial charge in [-0.15, -0.1) is 0 Å². The van der Waals surface area contributed by atoms with E-state index in [0.29, 0.717) is 18.0 Å². The third-order valence-electron chi connectivity index (χ3n) is 4.03. The predicted octanol–water partition coefficient (Wildman–Crippen LogP) is 3.54. The van der Waals surface area contributed by atoms with Crippen molar-refractivity contribution in [1.29, 1.82) is 0 Å². The maximum atomic E-state index is 5.34. The van der Waals surface area contributed by atoms with Gasteiger partial charge in [-0.05, 0) is 52.7 Å². The van der Waals surface area contributed by atoms with E-state index >= 15 is 0 Å². The minimum absolute atomic E-state index is 0.556. The quantitative estimate of drug-likeness (QED) is 0.884. The molecule has 2 rings (SSSR count). The van der Waals surface area contributed by atoms with Gasteiger partial charge >= 0.3 is 0 Å². The van der Waals surface area contributed by atoms with Crippen molar-refractivity contribution < 1.29 is 4.74 Å². The lowest BCUT2D eigenvalue weighted by Gasteiger charge is -2.30. The van der Waals surface area contributed by atoms with Gasteiger partial charge < -0.3 is 9.72 Å². The van der Waals surface area contributed by atoms with Crippen molar-refractivity contribution in [3.63, 3.8) is 0 Å². The van der Waals surface area contributed by atoms with Crippen molar-refractivity contribution in [2.24, 2.45) is 0 Å². The van der Waals surface area contributed by atoms with E-state index in [1.807, 2.05) is 6.92 Å². The lowest BCUT2D eigenvalue weighted by Crippen LogP contribution is -2.38. The van der Waals surface area contributed by atoms with Gasteiger partial charge in [0, 0.05) is 30.4 Å². The largest absolute Gasteiger partial charge is 0.481 e. The Morgan fingerprint density at radius 3 is 2.48 bits per heavy atom. The van der Waals surface area contributed by atoms with Crippen molar-refractivity contribution in [1.82, 2.24) is 14.9 Å². The molecule has 2 heterocycles. The molecule has 4 nitrogen and oxygen atoms in total. The Hall–Kier alpha value is -1.55. The van der Waals surface area contributed by atoms with Crippen molar-refractivity contribution in [3.8, 4) is 5.88 Å². The lowest BCUT2D eigenvalue weighted by atomic mass is 10.1. The molecule has 0 bridgehead atoms. The molecule has 0 amide bonds. The highest BCUT2D eigenvalue weighted by molar-refractivity contribution is 5.80. The van der Waals surface area contributed by atoms with E-state index in [0.717, 1.165) is 29.6 Å². The van der Waals surface area contributed by atoms with Gasteiger partial charge in [-0.3, -0.25) is 4.90 Å². The minimum atomic E-state index is 0.556. The molecular weight excluding hydrogens is 262 g/mol. The molecule has 0 aromatic carbocycles. The van der Waals surface area contributed by atoms with Crippen LogP contribution in [0.4, 0.5) is 0 Å². The average Bonchev–Trinajstić information content (AvgIpc) is 2.79. The Bertz CT molecular complexity index is 593. The van der Waals surface area contributed by atoms with Gasteiger partial charge in [0.25, 0.3) is 0 Å². The van der Waals surface area contributed by atoms with Crippen LogP contribution in [0.3, 0.4) is 0 Å². The highest BCUT2D eigenvalue weighted by Crippen LogP contribution is 2.24. The second-order valence-electron chi connectivity index (χ2n) is 6.20. The third kappa shape index (κ3) is 3.38. The average molecular weight is 289 g/mol. The van der Waals surface area contributed by atoms with Gasteiger partial charge in [0.1, 0.15) is 0 Å². The van der Waals surface area contributed by atoms with Crippen LogP contribution in [-0.4, -0.2) is 40.6 Å². The second kappa shape index (κ2) is 6.48. The van der Waals surface area contributed by atoms with Crippen LogP contribution in [0.25, 0.3) is 11.0 Å². The fourth-order valence-electron chi connectivity index (χ4n) is 2.94. The van der Waals surface area contributed by atoms with E-state index in [4.69, 9.17) is 4.74 Å². The summed E-state index contributed by atoms with van der Waals surface area (Å²) in [5.41, 5.74) is 4.44. The van der Waals surface area contributed by atoms with Crippen molar-refractivity contribution >= 4 is 11.0 Å². The third-order valence-corrected chi connectivity index (χ3v) is 4.03. The summed E-state index contributed by atoms with van der Waals surface area (Å²) in [7, 11) is 1.67. The molecule has 0 spiro atoms. The van der Waals surface area contributed by atoms with E-state index < -0.39 is 0 Å². The van der Waals surface area contributed by atoms with Crippen molar-refractivity contribution in [2.45, 2.75) is 53.1 Å². The summed E-state index contributed by atoms with van der Waals surface area (Å²) in [6, 6.07) is 3.22. The van der Waals surface area contributed by atoms with Gasteiger partial charge in [0.15, 0.2) is 0 Å². The molecule has 0 aliphatic carbocycles. The van der Waals surface area contributed by atoms with Gasteiger partial charge in [0.2, 0.25) is 5.88 Å². The zero-order valence-corrected chi connectivity index (χ0v) is 14.0. The summed E-state index contributed by atoms with van der Waals surface area (Å²) >= 11 is 0. The molecule has 0 saturated carbocycles. The first-order chi connectivity index (χ1) is 9.93. The van der Waals surface area contributed by atoms with Crippen LogP contribution in [-0.2, 0) is 6.42 Å². The Morgan fingerprint density at radius 2 is 1.90 bits per heavy atom. The zero-order valence-electron chi connectivity index (χ0n) is 14.0. The Balaban J connectivity index is 2.23. The molecule has 116 valence electrons. The Labute approximate surface area is 127 Å². The van der Waals surface area contributed by atoms with Crippen LogP contribution >= 0.6 is 0 Å². The molecule has 0 radical (unpaired) electrons. The van der Waals surface area contributed by atoms with E-state index in [9.17, 15) is 0 Å². The number of H-pyrrole nitrogens is 1. The summed E-state index contributed by atoms with van der Waals surface area (Å²) in [6.45, 7) is 12.1. The number of hydrogen-bond acceptors (Lipinski definition) is 3. The highest BCUT2D eigenvalue weighted by atomic mass is 16.5. The number of nitrogens with zero attached hydrogens (tertiary/aromatic N) is 2. The number of nitrogens with one attached hydrogen (secondary N) is 1. The number of ether oxygens (including phenoxy) is 1. The lowest BCUT2D eigenvalue weighted by molar-refractivity contribution is 0.177. The molecule has 4 heteroatoms. The van der Waals surface area contributed by atoms with E-state index in [1.54, 1.807) is 7.11 Å². The molecule has 2 aromatic heterocycles. The van der Waals surface area contributed by atoms with Gasteiger partial charge in [0.05, 0.1) is 18.1 Å². The van der Waals surface area contributed by atoms with Crippen LogP contribution in [0.5, 0.6) is 5.88 Å². The van der Waals surface area contributed by atoms with Crippen LogP contribution in [0.15, 0.2) is 12.3 Å². The maximum Gasteiger partial charge on any atom is 0.216 e. The van der Waals surface area contributed by atoms with Gasteiger partial charge in [-0.2, -0.15) is 0 Å². The zero-order chi connectivity index (χ0) is 15.6. The molecule has 0 atom stereocenters. The van der Waals surface area contributed by atoms with E-state index in [-0.39, 0.29) is 0 Å². The molecule has 1 N–H and O–H groups in total. The summed E-state index contributed by atoms with van der Waals surface area (Å²) in [4.78, 5) is 10.5. The summed E-state index contributed by atoms with van der Waals surface area (Å²) < 4.78 is 5.34. The Kier molecular flexibility index (Phi) is 4.88. The predicted molar refractivity (Wildman–Crippen MR) is 88.1 cm³/mol. The maximum absolute atomic E-state index is 5.34. The van der Waals surface area contributed by atoms with Gasteiger partial charge in [-0.25, -0.2) is 4.98 Å². The summed E-state index contributed by atoms with van der Waals surface area (Å²) in [5, 5.41) is 0. The fraction of sp³-hybridized carbons (Fsp3) is 0.588. The number of aryl methyl sites for hydroxylation is 1. The SMILES string of the molecule is COc1nc2c(CCN(C(C)C)C(C)C)c[nH]c2cc1C. The number of rotatable bonds is 6. The molecule has 21 heavy (non-hydrogen) atoms. The molecule has 0 saturated heterocycles. The summed E-state index contributed by atoms with van der Waals surface area (Å²) in [5.74, 6) is 0.716. The minimum Gasteiger partial charge on any atom is -0.481 e. The number of hydrogen-bond donors (Lipinski definition) is 1. The molecule has 0 aliphatic heterocycles. The monoisotopic (exact) mass is 289 g/mol. The first-order valence-electron chi connectivity index (χ1n) is 7.71. The smallest absolute Gasteiger partial charge is 0.216 e. The van der Waals surface area contributed by atoms with Crippen LogP contribution in [0, 0.1) is 6.92 Å². The van der Waals surface area contributed by atoms with Crippen LogP contribution in [0.1, 0.15) is 38.8 Å². The fourth-order valence-corrected chi connectivity index (χ4v) is 2.94. The second-order valence-corrected chi connectivity index (χ2v) is 6.20. The number of methoxy groups -OCH3 is 1. The molecule has 0 fully saturated rings. The number of aromatic amines is 1. The standard InChI is InChI=1S/C17H27N3O/c1-11(2)20(12(3)4)8-7-14-10-18-15-9-13(5)17(21-6)19-16(14)15/h9-12,18H,7-8H2,1-6H3. The molecular formula is C17H27N3O. The highest BCUT2D eigenvalue weighted by Gasteiger charge is 2.15. The van der Waals surface area contributed by atoms with Gasteiger partial charge in [-0.1, -0.05) is 0 Å². The summed E-state index contributed by atoms with van der Waals surface area (Å²) in [6.07, 6.45) is 3.07. The van der Waals surface area contributed by atoms with Crippen molar-refractivity contribution in [2.75, 3.05) is 13.7 Å². The van der Waals surface area contributed by atoms with E-state index in [1.165, 1.54) is 5.56 Å². The molecule has 2 aromatic rings. The number of pyridine rings is 1. The Morgan fingerprint density at radius 1 is 1.24 bits per heavy atom. The van der Waals surface area contributed by atoms with Crippen LogP contribution in [0.2, 0.25) is 0 Å². The van der Waals surface area contributed by atoms with Crippen LogP contribution < -0.4 is 4.74 Å². The van der Waals surface area contributed by atoms with E-state index in [2.05, 4.69) is 54.8 Å². The number of fused-ring (bicyclic) bond motifs is 1. The molecule has 0 unspecified atom stereocenters. The van der Waals surface area contributed by atoms with Crippen molar-refractivity contribution in [3.05, 3.63) is 23.4 Å². The normalized spacial score (nSPS) is 12.0.